The molecule has 5 heteroatoms. The average molecular weight is 292 g/mol. The molecular weight excluding hydrogens is 280 g/mol. The molecule has 0 atom stereocenters. The zero-order valence-corrected chi connectivity index (χ0v) is 10.4. The van der Waals surface area contributed by atoms with Gasteiger partial charge in [-0.1, -0.05) is 6.92 Å². The van der Waals surface area contributed by atoms with Crippen molar-refractivity contribution >= 4 is 21.7 Å². The Morgan fingerprint density at radius 3 is 2.75 bits per heavy atom. The molecule has 88 valence electrons. The third kappa shape index (κ3) is 3.09. The maximum absolute atomic E-state index is 13.5. The minimum Gasteiger partial charge on any atom is -0.310 e. The predicted octanol–water partition coefficient (Wildman–Crippen LogP) is 2.91. The Labute approximate surface area is 101 Å². The van der Waals surface area contributed by atoms with Gasteiger partial charge in [0.05, 0.1) is 16.6 Å². The highest BCUT2D eigenvalue weighted by atomic mass is 79.9. The topological polar surface area (TPSA) is 29.1 Å². The van der Waals surface area contributed by atoms with Crippen LogP contribution >= 0.6 is 15.9 Å². The van der Waals surface area contributed by atoms with Crippen LogP contribution in [0.5, 0.6) is 0 Å². The predicted molar refractivity (Wildman–Crippen MR) is 61.5 cm³/mol. The van der Waals surface area contributed by atoms with Gasteiger partial charge in [-0.3, -0.25) is 4.79 Å². The molecule has 0 aromatic heterocycles. The summed E-state index contributed by atoms with van der Waals surface area (Å²) in [5, 5.41) is 2.81. The van der Waals surface area contributed by atoms with E-state index in [0.29, 0.717) is 6.54 Å². The fraction of sp³-hybridized carbons (Fsp3) is 0.364. The zero-order chi connectivity index (χ0) is 12.1. The van der Waals surface area contributed by atoms with Crippen LogP contribution in [0.2, 0.25) is 0 Å². The minimum absolute atomic E-state index is 0.0574. The first-order valence-electron chi connectivity index (χ1n) is 4.95. The lowest BCUT2D eigenvalue weighted by molar-refractivity contribution is 0.0983. The first-order valence-corrected chi connectivity index (χ1v) is 5.74. The molecule has 0 radical (unpaired) electrons. The summed E-state index contributed by atoms with van der Waals surface area (Å²) in [4.78, 5) is 11.6. The van der Waals surface area contributed by atoms with Crippen LogP contribution in [0.25, 0.3) is 0 Å². The Morgan fingerprint density at radius 1 is 1.44 bits per heavy atom. The summed E-state index contributed by atoms with van der Waals surface area (Å²) in [6.45, 7) is 2.53. The number of halogens is 3. The van der Waals surface area contributed by atoms with Crippen molar-refractivity contribution in [3.05, 3.63) is 33.8 Å². The number of carbonyl (C=O) groups excluding carboxylic acids is 1. The second-order valence-electron chi connectivity index (χ2n) is 3.32. The molecule has 1 N–H and O–H groups in total. The normalized spacial score (nSPS) is 10.5. The molecule has 1 rings (SSSR count). The van der Waals surface area contributed by atoms with E-state index in [1.54, 1.807) is 0 Å². The molecule has 2 nitrogen and oxygen atoms in total. The van der Waals surface area contributed by atoms with Gasteiger partial charge < -0.3 is 5.32 Å². The summed E-state index contributed by atoms with van der Waals surface area (Å²) in [5.41, 5.74) is -0.488. The summed E-state index contributed by atoms with van der Waals surface area (Å²) in [6, 6.07) is 2.31. The lowest BCUT2D eigenvalue weighted by atomic mass is 10.1. The molecule has 0 bridgehead atoms. The molecule has 0 heterocycles. The van der Waals surface area contributed by atoms with Crippen LogP contribution in [0.1, 0.15) is 23.7 Å². The van der Waals surface area contributed by atoms with Crippen molar-refractivity contribution in [2.24, 2.45) is 0 Å². The van der Waals surface area contributed by atoms with E-state index in [9.17, 15) is 13.6 Å². The van der Waals surface area contributed by atoms with E-state index in [0.717, 1.165) is 12.5 Å². The number of nitrogens with one attached hydrogen (secondary N) is 1. The molecule has 1 aromatic carbocycles. The smallest absolute Gasteiger partial charge is 0.182 e. The highest BCUT2D eigenvalue weighted by Gasteiger charge is 2.18. The highest BCUT2D eigenvalue weighted by molar-refractivity contribution is 9.10. The van der Waals surface area contributed by atoms with Crippen LogP contribution in [0.15, 0.2) is 16.6 Å². The maximum Gasteiger partial charge on any atom is 0.182 e. The zero-order valence-electron chi connectivity index (χ0n) is 8.82. The van der Waals surface area contributed by atoms with E-state index in [1.165, 1.54) is 6.07 Å². The summed E-state index contributed by atoms with van der Waals surface area (Å²) in [7, 11) is 0. The van der Waals surface area contributed by atoms with Gasteiger partial charge in [0.15, 0.2) is 11.6 Å². The van der Waals surface area contributed by atoms with Crippen LogP contribution in [-0.2, 0) is 0 Å². The maximum atomic E-state index is 13.5. The summed E-state index contributed by atoms with van der Waals surface area (Å²) >= 11 is 2.92. The average Bonchev–Trinajstić information content (AvgIpc) is 2.24. The minimum atomic E-state index is -0.844. The molecule has 0 aliphatic rings. The van der Waals surface area contributed by atoms with E-state index < -0.39 is 23.0 Å². The standard InChI is InChI=1S/C11H12BrF2NO/c1-2-5-15-6-9(16)10-8(13)4-3-7(12)11(10)14/h3-4,15H,2,5-6H2,1H3. The van der Waals surface area contributed by atoms with Gasteiger partial charge in [0.2, 0.25) is 0 Å². The Kier molecular flexibility index (Phi) is 5.02. The van der Waals surface area contributed by atoms with Crippen molar-refractivity contribution < 1.29 is 13.6 Å². The fourth-order valence-electron chi connectivity index (χ4n) is 1.25. The first-order chi connectivity index (χ1) is 7.57. The van der Waals surface area contributed by atoms with Gasteiger partial charge in [0, 0.05) is 0 Å². The number of hydrogen-bond donors (Lipinski definition) is 1. The molecule has 16 heavy (non-hydrogen) atoms. The highest BCUT2D eigenvalue weighted by Crippen LogP contribution is 2.21. The van der Waals surface area contributed by atoms with Crippen molar-refractivity contribution in [1.82, 2.24) is 5.32 Å². The summed E-state index contributed by atoms with van der Waals surface area (Å²) in [5.74, 6) is -2.25. The fourth-order valence-corrected chi connectivity index (χ4v) is 1.58. The molecular formula is C11H12BrF2NO. The number of carbonyl (C=O) groups is 1. The van der Waals surface area contributed by atoms with Crippen LogP contribution in [0.3, 0.4) is 0 Å². The van der Waals surface area contributed by atoms with Gasteiger partial charge in [-0.15, -0.1) is 0 Å². The lowest BCUT2D eigenvalue weighted by Crippen LogP contribution is -2.25. The van der Waals surface area contributed by atoms with E-state index >= 15 is 0 Å². The van der Waals surface area contributed by atoms with Crippen molar-refractivity contribution in [2.75, 3.05) is 13.1 Å². The quantitative estimate of drug-likeness (QED) is 0.513. The molecule has 0 saturated carbocycles. The molecule has 0 aliphatic heterocycles. The van der Waals surface area contributed by atoms with Crippen LogP contribution in [-0.4, -0.2) is 18.9 Å². The SMILES string of the molecule is CCCNCC(=O)c1c(F)ccc(Br)c1F. The molecule has 0 amide bonds. The molecule has 0 unspecified atom stereocenters. The van der Waals surface area contributed by atoms with Gasteiger partial charge in [0.1, 0.15) is 5.82 Å². The number of hydrogen-bond acceptors (Lipinski definition) is 2. The number of rotatable bonds is 5. The third-order valence-electron chi connectivity index (χ3n) is 2.04. The van der Waals surface area contributed by atoms with Crippen molar-refractivity contribution in [3.63, 3.8) is 0 Å². The van der Waals surface area contributed by atoms with Gasteiger partial charge in [-0.2, -0.15) is 0 Å². The largest absolute Gasteiger partial charge is 0.310 e. The van der Waals surface area contributed by atoms with Gasteiger partial charge in [-0.25, -0.2) is 8.78 Å². The molecule has 0 saturated heterocycles. The van der Waals surface area contributed by atoms with Crippen molar-refractivity contribution in [3.8, 4) is 0 Å². The summed E-state index contributed by atoms with van der Waals surface area (Å²) in [6.07, 6.45) is 0.858. The lowest BCUT2D eigenvalue weighted by Gasteiger charge is -2.06. The van der Waals surface area contributed by atoms with Crippen molar-refractivity contribution in [1.29, 1.82) is 0 Å². The molecule has 1 aromatic rings. The Morgan fingerprint density at radius 2 is 2.12 bits per heavy atom. The number of Topliss-reactive ketones (excluding diaryl/α,β-unsaturated/α-hetero) is 1. The third-order valence-corrected chi connectivity index (χ3v) is 2.65. The van der Waals surface area contributed by atoms with E-state index in [1.807, 2.05) is 6.92 Å². The Bertz CT molecular complexity index is 396. The van der Waals surface area contributed by atoms with Gasteiger partial charge in [-0.05, 0) is 41.0 Å². The first kappa shape index (κ1) is 13.3. The monoisotopic (exact) mass is 291 g/mol. The number of ketones is 1. The van der Waals surface area contributed by atoms with Crippen LogP contribution in [0.4, 0.5) is 8.78 Å². The van der Waals surface area contributed by atoms with E-state index in [-0.39, 0.29) is 11.0 Å². The molecule has 0 spiro atoms. The molecule has 0 fully saturated rings. The van der Waals surface area contributed by atoms with Gasteiger partial charge >= 0.3 is 0 Å². The summed E-state index contributed by atoms with van der Waals surface area (Å²) < 4.78 is 26.9. The Balaban J connectivity index is 2.86. The second kappa shape index (κ2) is 6.06. The van der Waals surface area contributed by atoms with Gasteiger partial charge in [0.25, 0.3) is 0 Å². The van der Waals surface area contributed by atoms with Crippen LogP contribution in [0, 0.1) is 11.6 Å². The Hall–Kier alpha value is -0.810. The molecule has 0 aliphatic carbocycles. The second-order valence-corrected chi connectivity index (χ2v) is 4.17. The van der Waals surface area contributed by atoms with E-state index in [2.05, 4.69) is 21.2 Å². The number of benzene rings is 1. The van der Waals surface area contributed by atoms with E-state index in [4.69, 9.17) is 0 Å². The van der Waals surface area contributed by atoms with Crippen molar-refractivity contribution in [2.45, 2.75) is 13.3 Å². The van der Waals surface area contributed by atoms with Crippen LogP contribution < -0.4 is 5.32 Å².